The number of halogens is 3. The van der Waals surface area contributed by atoms with E-state index >= 15 is 0 Å². The third-order valence-electron chi connectivity index (χ3n) is 5.49. The summed E-state index contributed by atoms with van der Waals surface area (Å²) in [5, 5.41) is 10.7. The van der Waals surface area contributed by atoms with Crippen molar-refractivity contribution in [2.24, 2.45) is 11.8 Å². The topological polar surface area (TPSA) is 70.1 Å². The molecule has 0 radical (unpaired) electrons. The van der Waals surface area contributed by atoms with Crippen molar-refractivity contribution in [1.82, 2.24) is 9.80 Å². The fourth-order valence-corrected chi connectivity index (χ4v) is 4.53. The molecule has 3 heterocycles. The van der Waals surface area contributed by atoms with E-state index in [1.165, 1.54) is 9.80 Å². The van der Waals surface area contributed by atoms with E-state index in [2.05, 4.69) is 0 Å². The van der Waals surface area contributed by atoms with E-state index in [1.54, 1.807) is 20.8 Å². The van der Waals surface area contributed by atoms with Crippen molar-refractivity contribution in [3.05, 3.63) is 0 Å². The second-order valence-corrected chi connectivity index (χ2v) is 8.43. The van der Waals surface area contributed by atoms with Gasteiger partial charge in [-0.2, -0.15) is 0 Å². The summed E-state index contributed by atoms with van der Waals surface area (Å²) in [5.41, 5.74) is -0.720. The summed E-state index contributed by atoms with van der Waals surface area (Å²) in [6.45, 7) is 3.93. The van der Waals surface area contributed by atoms with Crippen LogP contribution >= 0.6 is 0 Å². The van der Waals surface area contributed by atoms with Crippen LogP contribution in [0.3, 0.4) is 0 Å². The van der Waals surface area contributed by atoms with Crippen molar-refractivity contribution < 1.29 is 32.6 Å². The Balaban J connectivity index is 1.86. The number of hydrogen-bond acceptors (Lipinski definition) is 4. The van der Waals surface area contributed by atoms with Crippen LogP contribution < -0.4 is 0 Å². The Bertz CT molecular complexity index is 583. The molecule has 2 amide bonds. The number of likely N-dealkylation sites (tertiary alicyclic amines) is 1. The van der Waals surface area contributed by atoms with Gasteiger partial charge in [-0.3, -0.25) is 14.1 Å². The Morgan fingerprint density at radius 1 is 1.23 bits per heavy atom. The number of aliphatic hydroxyl groups is 1. The lowest BCUT2D eigenvalue weighted by Gasteiger charge is -2.47. The largest absolute Gasteiger partial charge is 0.444 e. The molecule has 3 rings (SSSR count). The van der Waals surface area contributed by atoms with Gasteiger partial charge < -0.3 is 14.7 Å². The number of carbonyl (C=O) groups excluding carboxylic acids is 2. The lowest BCUT2D eigenvalue weighted by atomic mass is 9.86. The van der Waals surface area contributed by atoms with Gasteiger partial charge in [0, 0.05) is 6.54 Å². The molecular weight excluding hydrogens is 353 g/mol. The zero-order valence-electron chi connectivity index (χ0n) is 15.1. The van der Waals surface area contributed by atoms with Crippen LogP contribution in [0.25, 0.3) is 0 Å². The number of nitrogens with zero attached hydrogens (tertiary/aromatic N) is 2. The van der Waals surface area contributed by atoms with E-state index < -0.39 is 60.8 Å². The van der Waals surface area contributed by atoms with Crippen LogP contribution in [0.4, 0.5) is 18.0 Å². The van der Waals surface area contributed by atoms with E-state index in [4.69, 9.17) is 4.74 Å². The highest BCUT2D eigenvalue weighted by Gasteiger charge is 2.61. The van der Waals surface area contributed by atoms with E-state index in [0.717, 1.165) is 0 Å². The van der Waals surface area contributed by atoms with Crippen LogP contribution in [0.1, 0.15) is 33.6 Å². The molecule has 0 aromatic heterocycles. The molecular formula is C17H25F3N2O4. The molecule has 3 aliphatic rings. The highest BCUT2D eigenvalue weighted by atomic mass is 19.3. The molecule has 1 N–H and O–H groups in total. The Morgan fingerprint density at radius 2 is 1.85 bits per heavy atom. The number of rotatable bonds is 3. The third-order valence-corrected chi connectivity index (χ3v) is 5.49. The molecule has 148 valence electrons. The second kappa shape index (κ2) is 6.58. The zero-order valence-corrected chi connectivity index (χ0v) is 15.1. The summed E-state index contributed by atoms with van der Waals surface area (Å²) in [6, 6.07) is -1.82. The highest BCUT2D eigenvalue weighted by molar-refractivity contribution is 5.81. The van der Waals surface area contributed by atoms with Crippen molar-refractivity contribution in [1.29, 1.82) is 0 Å². The predicted molar refractivity (Wildman–Crippen MR) is 85.3 cm³/mol. The molecule has 0 aromatic carbocycles. The molecule has 6 nitrogen and oxygen atoms in total. The molecule has 3 aliphatic heterocycles. The van der Waals surface area contributed by atoms with Crippen LogP contribution in [0.2, 0.25) is 0 Å². The fourth-order valence-electron chi connectivity index (χ4n) is 4.53. The first-order valence-electron chi connectivity index (χ1n) is 8.89. The molecule has 9 heteroatoms. The van der Waals surface area contributed by atoms with E-state index in [1.807, 2.05) is 0 Å². The van der Waals surface area contributed by atoms with Gasteiger partial charge >= 0.3 is 6.09 Å². The molecule has 0 aliphatic carbocycles. The van der Waals surface area contributed by atoms with Gasteiger partial charge in [0.1, 0.15) is 18.2 Å². The van der Waals surface area contributed by atoms with Crippen molar-refractivity contribution in [2.45, 2.75) is 69.9 Å². The molecule has 0 aromatic rings. The highest BCUT2D eigenvalue weighted by Crippen LogP contribution is 2.46. The van der Waals surface area contributed by atoms with Crippen molar-refractivity contribution in [2.75, 3.05) is 13.2 Å². The van der Waals surface area contributed by atoms with Crippen LogP contribution in [-0.4, -0.2) is 76.4 Å². The zero-order chi connectivity index (χ0) is 19.4. The monoisotopic (exact) mass is 378 g/mol. The Kier molecular flexibility index (Phi) is 4.87. The first kappa shape index (κ1) is 19.3. The average molecular weight is 378 g/mol. The van der Waals surface area contributed by atoms with Crippen molar-refractivity contribution in [3.63, 3.8) is 0 Å². The molecule has 3 bridgehead atoms. The van der Waals surface area contributed by atoms with Crippen molar-refractivity contribution in [3.8, 4) is 0 Å². The number of fused-ring (bicyclic) bond motifs is 2. The van der Waals surface area contributed by atoms with Gasteiger partial charge in [-0.15, -0.1) is 0 Å². The van der Waals surface area contributed by atoms with Crippen LogP contribution in [0.5, 0.6) is 0 Å². The van der Waals surface area contributed by atoms with Gasteiger partial charge in [-0.05, 0) is 39.5 Å². The van der Waals surface area contributed by atoms with E-state index in [9.17, 15) is 27.9 Å². The number of ether oxygens (including phenoxy) is 1. The van der Waals surface area contributed by atoms with Gasteiger partial charge in [-0.25, -0.2) is 13.6 Å². The van der Waals surface area contributed by atoms with Crippen molar-refractivity contribution >= 4 is 12.0 Å². The summed E-state index contributed by atoms with van der Waals surface area (Å²) < 4.78 is 44.4. The second-order valence-electron chi connectivity index (χ2n) is 8.43. The van der Waals surface area contributed by atoms with E-state index in [-0.39, 0.29) is 12.5 Å². The van der Waals surface area contributed by atoms with Gasteiger partial charge in [0.2, 0.25) is 5.91 Å². The smallest absolute Gasteiger partial charge is 0.410 e. The SMILES string of the molecule is CC(C)(C)OC(=O)N1C2CC3C[C@@H]1C([C@H]2O)N(C(=O)C(CF)C(F)F)C3. The molecule has 0 spiro atoms. The Labute approximate surface area is 150 Å². The number of piperidine rings is 2. The predicted octanol–water partition coefficient (Wildman–Crippen LogP) is 1.81. The van der Waals surface area contributed by atoms with Crippen LogP contribution in [0, 0.1) is 11.8 Å². The molecule has 6 atom stereocenters. The number of hydrogen-bond donors (Lipinski definition) is 1. The maximum Gasteiger partial charge on any atom is 0.410 e. The normalized spacial score (nSPS) is 34.4. The third kappa shape index (κ3) is 3.14. The maximum atomic E-state index is 13.0. The standard InChI is InChI=1S/C17H25F3N2O4/c1-17(2,3)26-16(25)22-10-4-8-5-11(22)13(23)12(10)21(7-8)15(24)9(6-18)14(19)20/h8-14,23H,4-7H2,1-3H3/t8?,9?,10-,11?,12?,13+/m1/s1. The summed E-state index contributed by atoms with van der Waals surface area (Å²) in [7, 11) is 0. The average Bonchev–Trinajstić information content (AvgIpc) is 2.61. The minimum absolute atomic E-state index is 0.0148. The molecule has 0 saturated carbocycles. The lowest BCUT2D eigenvalue weighted by molar-refractivity contribution is -0.149. The molecule has 3 saturated heterocycles. The minimum Gasteiger partial charge on any atom is -0.444 e. The van der Waals surface area contributed by atoms with Gasteiger partial charge in [0.15, 0.2) is 0 Å². The summed E-state index contributed by atoms with van der Waals surface area (Å²) >= 11 is 0. The first-order chi connectivity index (χ1) is 12.0. The van der Waals surface area contributed by atoms with Gasteiger partial charge in [0.05, 0.1) is 24.2 Å². The number of carbonyl (C=O) groups is 2. The van der Waals surface area contributed by atoms with Gasteiger partial charge in [0.25, 0.3) is 6.43 Å². The first-order valence-corrected chi connectivity index (χ1v) is 8.89. The molecule has 3 fully saturated rings. The number of alkyl halides is 3. The quantitative estimate of drug-likeness (QED) is 0.813. The van der Waals surface area contributed by atoms with Crippen LogP contribution in [-0.2, 0) is 9.53 Å². The van der Waals surface area contributed by atoms with Gasteiger partial charge in [-0.1, -0.05) is 0 Å². The molecule has 26 heavy (non-hydrogen) atoms. The summed E-state index contributed by atoms with van der Waals surface area (Å²) in [5.74, 6) is -3.04. The maximum absolute atomic E-state index is 13.0. The number of aliphatic hydroxyl groups excluding tert-OH is 1. The van der Waals surface area contributed by atoms with Crippen LogP contribution in [0.15, 0.2) is 0 Å². The minimum atomic E-state index is -3.11. The molecule has 4 unspecified atom stereocenters. The fraction of sp³-hybridized carbons (Fsp3) is 0.882. The Hall–Kier alpha value is -1.51. The van der Waals surface area contributed by atoms with E-state index in [0.29, 0.717) is 12.8 Å². The summed E-state index contributed by atoms with van der Waals surface area (Å²) in [6.07, 6.45) is -3.72. The Morgan fingerprint density at radius 3 is 2.38 bits per heavy atom. The summed E-state index contributed by atoms with van der Waals surface area (Å²) in [4.78, 5) is 27.7. The number of amides is 2. The lowest BCUT2D eigenvalue weighted by Crippen LogP contribution is -2.60.